The largest absolute Gasteiger partial charge is 0.497 e. The molecule has 7 nitrogen and oxygen atoms in total. The summed E-state index contributed by atoms with van der Waals surface area (Å²) in [5.74, 6) is 0.538. The van der Waals surface area contributed by atoms with Crippen LogP contribution in [0.1, 0.15) is 16.4 Å². The third-order valence-corrected chi connectivity index (χ3v) is 3.12. The van der Waals surface area contributed by atoms with Gasteiger partial charge in [-0.05, 0) is 36.4 Å². The van der Waals surface area contributed by atoms with Crippen LogP contribution in [0.3, 0.4) is 0 Å². The highest BCUT2D eigenvalue weighted by Gasteiger charge is 2.16. The van der Waals surface area contributed by atoms with E-state index < -0.39 is 5.91 Å². The van der Waals surface area contributed by atoms with Crippen molar-refractivity contribution in [2.75, 3.05) is 7.11 Å². The summed E-state index contributed by atoms with van der Waals surface area (Å²) in [5, 5.41) is 6.50. The van der Waals surface area contributed by atoms with E-state index in [1.165, 1.54) is 0 Å². The first-order valence-corrected chi connectivity index (χ1v) is 6.92. The zero-order valence-electron chi connectivity index (χ0n) is 12.4. The van der Waals surface area contributed by atoms with Gasteiger partial charge in [0.2, 0.25) is 5.82 Å². The maximum atomic E-state index is 12.0. The lowest BCUT2D eigenvalue weighted by Gasteiger charge is -2.00. The molecular formula is C16H14N4O3. The second-order valence-electron chi connectivity index (χ2n) is 4.66. The Labute approximate surface area is 132 Å². The topological polar surface area (TPSA) is 90.1 Å². The molecule has 0 atom stereocenters. The maximum absolute atomic E-state index is 12.0. The summed E-state index contributed by atoms with van der Waals surface area (Å²) in [6, 6.07) is 12.6. The predicted molar refractivity (Wildman–Crippen MR) is 81.7 cm³/mol. The Morgan fingerprint density at radius 2 is 2.04 bits per heavy atom. The van der Waals surface area contributed by atoms with Gasteiger partial charge in [-0.1, -0.05) is 11.2 Å². The van der Waals surface area contributed by atoms with Crippen molar-refractivity contribution in [1.29, 1.82) is 0 Å². The highest BCUT2D eigenvalue weighted by Crippen LogP contribution is 2.19. The summed E-state index contributed by atoms with van der Waals surface area (Å²) in [6.07, 6.45) is 1.66. The molecule has 0 bridgehead atoms. The molecular weight excluding hydrogens is 296 g/mol. The molecule has 116 valence electrons. The highest BCUT2D eigenvalue weighted by atomic mass is 16.5. The summed E-state index contributed by atoms with van der Waals surface area (Å²) >= 11 is 0. The number of carbonyl (C=O) groups excluding carboxylic acids is 1. The Hall–Kier alpha value is -3.22. The number of aromatic nitrogens is 3. The number of rotatable bonds is 5. The second-order valence-corrected chi connectivity index (χ2v) is 4.66. The van der Waals surface area contributed by atoms with Crippen LogP contribution in [0.4, 0.5) is 0 Å². The average Bonchev–Trinajstić information content (AvgIpc) is 3.11. The molecule has 23 heavy (non-hydrogen) atoms. The van der Waals surface area contributed by atoms with Gasteiger partial charge < -0.3 is 14.6 Å². The van der Waals surface area contributed by atoms with E-state index in [0.29, 0.717) is 12.4 Å². The lowest BCUT2D eigenvalue weighted by Crippen LogP contribution is -2.23. The maximum Gasteiger partial charge on any atom is 0.316 e. The number of carbonyl (C=O) groups is 1. The van der Waals surface area contributed by atoms with Gasteiger partial charge in [0.15, 0.2) is 0 Å². The predicted octanol–water partition coefficient (Wildman–Crippen LogP) is 2.07. The molecule has 0 saturated heterocycles. The number of nitrogens with one attached hydrogen (secondary N) is 1. The number of amides is 1. The Morgan fingerprint density at radius 3 is 2.74 bits per heavy atom. The van der Waals surface area contributed by atoms with Gasteiger partial charge in [0.25, 0.3) is 0 Å². The molecule has 3 aromatic rings. The normalized spacial score (nSPS) is 10.3. The van der Waals surface area contributed by atoms with E-state index in [-0.39, 0.29) is 5.89 Å². The first-order valence-electron chi connectivity index (χ1n) is 6.92. The molecule has 0 radical (unpaired) electrons. The average molecular weight is 310 g/mol. The Balaban J connectivity index is 1.67. The van der Waals surface area contributed by atoms with Crippen LogP contribution < -0.4 is 10.1 Å². The molecule has 3 rings (SSSR count). The number of methoxy groups -OCH3 is 1. The quantitative estimate of drug-likeness (QED) is 0.776. The zero-order chi connectivity index (χ0) is 16.1. The van der Waals surface area contributed by atoms with Crippen molar-refractivity contribution in [2.24, 2.45) is 0 Å². The molecule has 0 spiro atoms. The minimum Gasteiger partial charge on any atom is -0.497 e. The number of hydrogen-bond donors (Lipinski definition) is 1. The third-order valence-electron chi connectivity index (χ3n) is 3.12. The van der Waals surface area contributed by atoms with Crippen molar-refractivity contribution in [2.45, 2.75) is 6.54 Å². The van der Waals surface area contributed by atoms with Crippen LogP contribution in [0.25, 0.3) is 11.4 Å². The van der Waals surface area contributed by atoms with Gasteiger partial charge in [0.1, 0.15) is 5.75 Å². The van der Waals surface area contributed by atoms with Gasteiger partial charge in [-0.3, -0.25) is 9.78 Å². The lowest BCUT2D eigenvalue weighted by atomic mass is 10.2. The van der Waals surface area contributed by atoms with Crippen molar-refractivity contribution in [3.8, 4) is 17.1 Å². The van der Waals surface area contributed by atoms with Gasteiger partial charge in [-0.25, -0.2) is 0 Å². The SMILES string of the molecule is COc1ccc(-c2noc(C(=O)NCc3ccccn3)n2)cc1. The summed E-state index contributed by atoms with van der Waals surface area (Å²) < 4.78 is 10.1. The first-order chi connectivity index (χ1) is 11.3. The fourth-order valence-corrected chi connectivity index (χ4v) is 1.92. The van der Waals surface area contributed by atoms with Crippen molar-refractivity contribution >= 4 is 5.91 Å². The van der Waals surface area contributed by atoms with Crippen LogP contribution in [0.15, 0.2) is 53.2 Å². The monoisotopic (exact) mass is 310 g/mol. The molecule has 0 fully saturated rings. The molecule has 1 aromatic carbocycles. The van der Waals surface area contributed by atoms with Crippen LogP contribution in [-0.2, 0) is 6.54 Å². The second kappa shape index (κ2) is 6.69. The molecule has 0 saturated carbocycles. The van der Waals surface area contributed by atoms with Crippen molar-refractivity contribution < 1.29 is 14.1 Å². The van der Waals surface area contributed by atoms with Gasteiger partial charge in [0, 0.05) is 11.8 Å². The van der Waals surface area contributed by atoms with Crippen molar-refractivity contribution in [3.05, 3.63) is 60.2 Å². The van der Waals surface area contributed by atoms with Crippen molar-refractivity contribution in [1.82, 2.24) is 20.4 Å². The summed E-state index contributed by atoms with van der Waals surface area (Å²) in [4.78, 5) is 20.2. The van der Waals surface area contributed by atoms with E-state index >= 15 is 0 Å². The lowest BCUT2D eigenvalue weighted by molar-refractivity contribution is 0.0906. The zero-order valence-corrected chi connectivity index (χ0v) is 12.4. The van der Waals surface area contributed by atoms with Crippen LogP contribution in [0.2, 0.25) is 0 Å². The number of ether oxygens (including phenoxy) is 1. The van der Waals surface area contributed by atoms with Crippen molar-refractivity contribution in [3.63, 3.8) is 0 Å². The van der Waals surface area contributed by atoms with E-state index in [0.717, 1.165) is 17.0 Å². The Kier molecular flexibility index (Phi) is 4.28. The minimum atomic E-state index is -0.442. The van der Waals surface area contributed by atoms with E-state index in [4.69, 9.17) is 9.26 Å². The molecule has 0 aliphatic carbocycles. The van der Waals surface area contributed by atoms with Crippen LogP contribution in [-0.4, -0.2) is 28.1 Å². The smallest absolute Gasteiger partial charge is 0.316 e. The van der Waals surface area contributed by atoms with E-state index in [9.17, 15) is 4.79 Å². The van der Waals surface area contributed by atoms with Gasteiger partial charge in [-0.15, -0.1) is 0 Å². The third kappa shape index (κ3) is 3.52. The standard InChI is InChI=1S/C16H14N4O3/c1-22-13-7-5-11(6-8-13)14-19-16(23-20-14)15(21)18-10-12-4-2-3-9-17-12/h2-9H,10H2,1H3,(H,18,21). The molecule has 7 heteroatoms. The molecule has 2 heterocycles. The molecule has 2 aromatic heterocycles. The Morgan fingerprint density at radius 1 is 1.22 bits per heavy atom. The molecule has 0 aliphatic rings. The van der Waals surface area contributed by atoms with Crippen LogP contribution in [0, 0.1) is 0 Å². The molecule has 1 N–H and O–H groups in total. The van der Waals surface area contributed by atoms with Crippen LogP contribution in [0.5, 0.6) is 5.75 Å². The molecule has 1 amide bonds. The number of nitrogens with zero attached hydrogens (tertiary/aromatic N) is 3. The number of pyridine rings is 1. The number of benzene rings is 1. The van der Waals surface area contributed by atoms with Gasteiger partial charge >= 0.3 is 11.8 Å². The summed E-state index contributed by atoms with van der Waals surface area (Å²) in [5.41, 5.74) is 1.48. The fraction of sp³-hybridized carbons (Fsp3) is 0.125. The van der Waals surface area contributed by atoms with E-state index in [1.807, 2.05) is 18.2 Å². The minimum absolute atomic E-state index is 0.0910. The number of hydrogen-bond acceptors (Lipinski definition) is 6. The summed E-state index contributed by atoms with van der Waals surface area (Å²) in [6.45, 7) is 0.292. The van der Waals surface area contributed by atoms with E-state index in [1.54, 1.807) is 37.6 Å². The first kappa shape index (κ1) is 14.7. The van der Waals surface area contributed by atoms with Gasteiger partial charge in [-0.2, -0.15) is 4.98 Å². The fourth-order valence-electron chi connectivity index (χ4n) is 1.92. The summed E-state index contributed by atoms with van der Waals surface area (Å²) in [7, 11) is 1.59. The van der Waals surface area contributed by atoms with Crippen LogP contribution >= 0.6 is 0 Å². The van der Waals surface area contributed by atoms with Gasteiger partial charge in [0.05, 0.1) is 19.3 Å². The highest BCUT2D eigenvalue weighted by molar-refractivity contribution is 5.89. The van der Waals surface area contributed by atoms with E-state index in [2.05, 4.69) is 20.4 Å². The Bertz CT molecular complexity index is 785. The molecule has 0 unspecified atom stereocenters. The molecule has 0 aliphatic heterocycles.